The average Bonchev–Trinajstić information content (AvgIpc) is 3.38. The van der Waals surface area contributed by atoms with Crippen LogP contribution in [0.5, 0.6) is 0 Å². The summed E-state index contributed by atoms with van der Waals surface area (Å²) in [7, 11) is -1.85. The largest absolute Gasteiger partial charge is 0.337 e. The van der Waals surface area contributed by atoms with E-state index in [0.29, 0.717) is 17.7 Å². The molecule has 0 fully saturated rings. The number of hydrogen-bond donors (Lipinski definition) is 0. The Morgan fingerprint density at radius 1 is 1.00 bits per heavy atom. The second-order valence-electron chi connectivity index (χ2n) is 8.45. The van der Waals surface area contributed by atoms with Gasteiger partial charge in [0, 0.05) is 46.9 Å². The van der Waals surface area contributed by atoms with Crippen molar-refractivity contribution in [3.8, 4) is 20.9 Å². The minimum absolute atomic E-state index is 0.0436. The number of pyridine rings is 1. The molecule has 0 radical (unpaired) electrons. The van der Waals surface area contributed by atoms with Crippen LogP contribution in [0.3, 0.4) is 0 Å². The van der Waals surface area contributed by atoms with Crippen LogP contribution in [0, 0.1) is 12.7 Å². The van der Waals surface area contributed by atoms with Gasteiger partial charge < -0.3 is 4.90 Å². The van der Waals surface area contributed by atoms with Crippen LogP contribution in [0.25, 0.3) is 20.9 Å². The first-order valence-corrected chi connectivity index (χ1v) is 13.1. The molecule has 5 rings (SSSR count). The van der Waals surface area contributed by atoms with Gasteiger partial charge in [-0.1, -0.05) is 6.07 Å². The molecule has 172 valence electrons. The monoisotopic (exact) mass is 492 g/mol. The van der Waals surface area contributed by atoms with Crippen molar-refractivity contribution in [3.05, 3.63) is 95.1 Å². The van der Waals surface area contributed by atoms with Gasteiger partial charge >= 0.3 is 0 Å². The normalized spacial score (nSPS) is 13.4. The van der Waals surface area contributed by atoms with Crippen LogP contribution in [0.1, 0.15) is 27.0 Å². The number of amides is 1. The summed E-state index contributed by atoms with van der Waals surface area (Å²) in [5, 5.41) is 0. The lowest BCUT2D eigenvalue weighted by Gasteiger charge is -2.08. The predicted octanol–water partition coefficient (Wildman–Crippen LogP) is 5.48. The van der Waals surface area contributed by atoms with Gasteiger partial charge in [0.25, 0.3) is 5.91 Å². The third-order valence-corrected chi connectivity index (χ3v) is 8.91. The molecule has 0 aliphatic carbocycles. The number of rotatable bonds is 5. The third kappa shape index (κ3) is 4.15. The van der Waals surface area contributed by atoms with E-state index in [4.69, 9.17) is 0 Å². The number of halogens is 1. The SMILES string of the molecule is Cc1cc(F)ccc1S(=O)(=O)Cc1cncc(-c2ccc(-c3ccc4c(c3)CN(C)C4=O)s2)c1. The highest BCUT2D eigenvalue weighted by Gasteiger charge is 2.24. The molecule has 0 saturated heterocycles. The highest BCUT2D eigenvalue weighted by atomic mass is 32.2. The number of benzene rings is 2. The fraction of sp³-hybridized carbons (Fsp3) is 0.154. The molecule has 0 saturated carbocycles. The van der Waals surface area contributed by atoms with E-state index in [0.717, 1.165) is 38.1 Å². The van der Waals surface area contributed by atoms with Crippen molar-refractivity contribution in [1.82, 2.24) is 9.88 Å². The Bertz CT molecular complexity index is 1540. The highest BCUT2D eigenvalue weighted by molar-refractivity contribution is 7.90. The first kappa shape index (κ1) is 22.4. The van der Waals surface area contributed by atoms with Crippen molar-refractivity contribution in [2.45, 2.75) is 24.1 Å². The van der Waals surface area contributed by atoms with Crippen LogP contribution in [-0.2, 0) is 22.1 Å². The molecule has 34 heavy (non-hydrogen) atoms. The fourth-order valence-electron chi connectivity index (χ4n) is 4.23. The molecule has 2 aromatic carbocycles. The molecule has 1 aliphatic heterocycles. The van der Waals surface area contributed by atoms with E-state index in [1.807, 2.05) is 30.3 Å². The van der Waals surface area contributed by atoms with Crippen molar-refractivity contribution in [2.75, 3.05) is 7.05 Å². The van der Waals surface area contributed by atoms with Gasteiger partial charge in [0.05, 0.1) is 10.6 Å². The summed E-state index contributed by atoms with van der Waals surface area (Å²) < 4.78 is 39.3. The van der Waals surface area contributed by atoms with Gasteiger partial charge in [-0.05, 0) is 77.7 Å². The Kier molecular flexibility index (Phi) is 5.58. The minimum Gasteiger partial charge on any atom is -0.337 e. The number of aryl methyl sites for hydroxylation is 1. The van der Waals surface area contributed by atoms with Gasteiger partial charge in [0.2, 0.25) is 0 Å². The van der Waals surface area contributed by atoms with E-state index in [-0.39, 0.29) is 16.6 Å². The molecule has 5 nitrogen and oxygen atoms in total. The molecule has 2 aromatic heterocycles. The molecule has 4 aromatic rings. The fourth-order valence-corrected chi connectivity index (χ4v) is 6.79. The topological polar surface area (TPSA) is 67.3 Å². The van der Waals surface area contributed by atoms with Crippen LogP contribution in [0.2, 0.25) is 0 Å². The first-order valence-electron chi connectivity index (χ1n) is 10.6. The number of nitrogens with zero attached hydrogens (tertiary/aromatic N) is 2. The van der Waals surface area contributed by atoms with Crippen LogP contribution < -0.4 is 0 Å². The van der Waals surface area contributed by atoms with Crippen molar-refractivity contribution in [1.29, 1.82) is 0 Å². The van der Waals surface area contributed by atoms with Gasteiger partial charge in [0.1, 0.15) is 5.82 Å². The average molecular weight is 493 g/mol. The summed E-state index contributed by atoms with van der Waals surface area (Å²) in [4.78, 5) is 20.3. The lowest BCUT2D eigenvalue weighted by Crippen LogP contribution is -2.17. The maximum atomic E-state index is 13.4. The minimum atomic E-state index is -3.65. The number of hydrogen-bond acceptors (Lipinski definition) is 5. The molecule has 1 aliphatic rings. The van der Waals surface area contributed by atoms with E-state index < -0.39 is 15.7 Å². The summed E-state index contributed by atoms with van der Waals surface area (Å²) in [6, 6.07) is 15.4. The highest BCUT2D eigenvalue weighted by Crippen LogP contribution is 2.36. The van der Waals surface area contributed by atoms with Gasteiger partial charge in [-0.2, -0.15) is 0 Å². The summed E-state index contributed by atoms with van der Waals surface area (Å²) in [6.45, 7) is 2.19. The van der Waals surface area contributed by atoms with Gasteiger partial charge in [-0.3, -0.25) is 9.78 Å². The second kappa shape index (κ2) is 8.45. The molecule has 0 bridgehead atoms. The van der Waals surface area contributed by atoms with E-state index in [9.17, 15) is 17.6 Å². The molecular weight excluding hydrogens is 471 g/mol. The van der Waals surface area contributed by atoms with Crippen molar-refractivity contribution in [2.24, 2.45) is 0 Å². The first-order chi connectivity index (χ1) is 16.2. The van der Waals surface area contributed by atoms with Crippen molar-refractivity contribution < 1.29 is 17.6 Å². The zero-order valence-corrected chi connectivity index (χ0v) is 20.2. The second-order valence-corrected chi connectivity index (χ2v) is 11.5. The molecule has 1 amide bonds. The quantitative estimate of drug-likeness (QED) is 0.346. The van der Waals surface area contributed by atoms with E-state index >= 15 is 0 Å². The van der Waals surface area contributed by atoms with Crippen LogP contribution >= 0.6 is 11.3 Å². The smallest absolute Gasteiger partial charge is 0.254 e. The summed E-state index contributed by atoms with van der Waals surface area (Å²) >= 11 is 1.58. The van der Waals surface area contributed by atoms with Crippen LogP contribution in [-0.4, -0.2) is 31.3 Å². The van der Waals surface area contributed by atoms with Gasteiger partial charge in [-0.25, -0.2) is 12.8 Å². The maximum Gasteiger partial charge on any atom is 0.254 e. The molecule has 3 heterocycles. The van der Waals surface area contributed by atoms with E-state index in [2.05, 4.69) is 11.1 Å². The Balaban J connectivity index is 1.41. The summed E-state index contributed by atoms with van der Waals surface area (Å²) in [5.74, 6) is -0.636. The molecular formula is C26H21FN2O3S2. The van der Waals surface area contributed by atoms with Gasteiger partial charge in [-0.15, -0.1) is 11.3 Å². The standard InChI is InChI=1S/C26H21FN2O3S2/c1-16-9-21(27)4-8-25(16)34(31,32)15-17-10-19(13-28-12-17)24-7-6-23(33-24)18-3-5-22-20(11-18)14-29(2)26(22)30/h3-13H,14-15H2,1-2H3. The lowest BCUT2D eigenvalue weighted by molar-refractivity contribution is 0.0816. The molecule has 0 atom stereocenters. The van der Waals surface area contributed by atoms with Gasteiger partial charge in [0.15, 0.2) is 9.84 Å². The zero-order chi connectivity index (χ0) is 24.0. The number of carbonyl (C=O) groups is 1. The number of sulfone groups is 1. The van der Waals surface area contributed by atoms with Crippen LogP contribution in [0.4, 0.5) is 4.39 Å². The molecule has 8 heteroatoms. The zero-order valence-electron chi connectivity index (χ0n) is 18.6. The number of aromatic nitrogens is 1. The predicted molar refractivity (Wildman–Crippen MR) is 131 cm³/mol. The molecule has 0 unspecified atom stereocenters. The number of thiophene rings is 1. The van der Waals surface area contributed by atoms with E-state index in [1.165, 1.54) is 12.1 Å². The summed E-state index contributed by atoms with van der Waals surface area (Å²) in [6.07, 6.45) is 3.26. The number of carbonyl (C=O) groups excluding carboxylic acids is 1. The Labute approximate surface area is 201 Å². The molecule has 0 spiro atoms. The molecule has 0 N–H and O–H groups in total. The maximum absolute atomic E-state index is 13.4. The van der Waals surface area contributed by atoms with Crippen molar-refractivity contribution >= 4 is 27.1 Å². The van der Waals surface area contributed by atoms with Crippen LogP contribution in [0.15, 0.2) is 71.9 Å². The Morgan fingerprint density at radius 2 is 1.76 bits per heavy atom. The lowest BCUT2D eigenvalue weighted by atomic mass is 10.1. The van der Waals surface area contributed by atoms with E-state index in [1.54, 1.807) is 42.6 Å². The third-order valence-electron chi connectivity index (χ3n) is 5.89. The Hall–Kier alpha value is -3.36. The van der Waals surface area contributed by atoms with Crippen molar-refractivity contribution in [3.63, 3.8) is 0 Å². The number of fused-ring (bicyclic) bond motifs is 1. The summed E-state index contributed by atoms with van der Waals surface area (Å²) in [5.41, 5.74) is 4.58. The Morgan fingerprint density at radius 3 is 2.53 bits per heavy atom.